The number of hydrazine groups is 1. The monoisotopic (exact) mass is 425 g/mol. The molecule has 0 spiro atoms. The number of carbonyl (C=O) groups is 2. The van der Waals surface area contributed by atoms with Gasteiger partial charge in [0.05, 0.1) is 22.3 Å². The topological polar surface area (TPSA) is 105 Å². The van der Waals surface area contributed by atoms with Crippen molar-refractivity contribution >= 4 is 33.6 Å². The van der Waals surface area contributed by atoms with Gasteiger partial charge >= 0.3 is 6.09 Å². The van der Waals surface area contributed by atoms with E-state index in [1.807, 2.05) is 0 Å². The number of benzene rings is 1. The van der Waals surface area contributed by atoms with Gasteiger partial charge in [0.15, 0.2) is 9.84 Å². The lowest BCUT2D eigenvalue weighted by Gasteiger charge is -2.32. The van der Waals surface area contributed by atoms with Crippen LogP contribution < -0.4 is 10.7 Å². The molecule has 1 aliphatic carbocycles. The van der Waals surface area contributed by atoms with Crippen molar-refractivity contribution in [1.82, 2.24) is 5.01 Å². The van der Waals surface area contributed by atoms with Gasteiger partial charge in [-0.3, -0.25) is 5.43 Å². The molecule has 1 fully saturated rings. The minimum absolute atomic E-state index is 0.100. The van der Waals surface area contributed by atoms with E-state index >= 15 is 0 Å². The van der Waals surface area contributed by atoms with E-state index in [9.17, 15) is 18.0 Å². The summed E-state index contributed by atoms with van der Waals surface area (Å²) >= 11 is 0. The molecule has 1 saturated carbocycles. The molecule has 2 rings (SSSR count). The van der Waals surface area contributed by atoms with Gasteiger partial charge < -0.3 is 14.8 Å². The van der Waals surface area contributed by atoms with E-state index in [0.29, 0.717) is 23.8 Å². The highest BCUT2D eigenvalue weighted by Gasteiger charge is 2.28. The fourth-order valence-corrected chi connectivity index (χ4v) is 3.58. The number of rotatable bonds is 9. The van der Waals surface area contributed by atoms with Crippen molar-refractivity contribution in [2.45, 2.75) is 63.5 Å². The van der Waals surface area contributed by atoms with Crippen LogP contribution >= 0.6 is 0 Å². The molecule has 2 N–H and O–H groups in total. The quantitative estimate of drug-likeness (QED) is 0.461. The molecular formula is C20H31N3O5S. The van der Waals surface area contributed by atoms with Crippen LogP contribution in [0.25, 0.3) is 0 Å². The number of carbonyl (C=O) groups excluding carboxylic acids is 2. The summed E-state index contributed by atoms with van der Waals surface area (Å²) in [6.45, 7) is 7.61. The number of nitrogens with one attached hydrogen (secondary N) is 2. The Morgan fingerprint density at radius 3 is 2.52 bits per heavy atom. The van der Waals surface area contributed by atoms with Crippen molar-refractivity contribution in [3.63, 3.8) is 0 Å². The molecule has 8 nitrogen and oxygen atoms in total. The lowest BCUT2D eigenvalue weighted by Crippen LogP contribution is -2.46. The molecule has 1 aromatic rings. The first-order valence-corrected chi connectivity index (χ1v) is 11.6. The molecule has 29 heavy (non-hydrogen) atoms. The van der Waals surface area contributed by atoms with Gasteiger partial charge in [0.1, 0.15) is 11.9 Å². The second-order valence-electron chi connectivity index (χ2n) is 8.49. The Morgan fingerprint density at radius 1 is 1.34 bits per heavy atom. The van der Waals surface area contributed by atoms with Crippen LogP contribution in [0.15, 0.2) is 23.1 Å². The van der Waals surface area contributed by atoms with Gasteiger partial charge in [-0.25, -0.2) is 18.2 Å². The first kappa shape index (κ1) is 23.0. The molecule has 0 bridgehead atoms. The van der Waals surface area contributed by atoms with Gasteiger partial charge in [0.25, 0.3) is 0 Å². The Hall–Kier alpha value is -2.29. The predicted octanol–water partition coefficient (Wildman–Crippen LogP) is 3.45. The molecule has 0 radical (unpaired) electrons. The zero-order chi connectivity index (χ0) is 21.8. The summed E-state index contributed by atoms with van der Waals surface area (Å²) in [5.41, 5.74) is 3.10. The molecule has 1 aliphatic rings. The van der Waals surface area contributed by atoms with Crippen molar-refractivity contribution in [3.8, 4) is 0 Å². The van der Waals surface area contributed by atoms with E-state index in [1.165, 1.54) is 11.1 Å². The van der Waals surface area contributed by atoms with E-state index in [2.05, 4.69) is 10.7 Å². The molecule has 0 aliphatic heterocycles. The van der Waals surface area contributed by atoms with E-state index in [4.69, 9.17) is 4.74 Å². The molecule has 9 heteroatoms. The normalized spacial score (nSPS) is 15.3. The van der Waals surface area contributed by atoms with Gasteiger partial charge in [-0.15, -0.1) is 0 Å². The third-order valence-electron chi connectivity index (χ3n) is 4.40. The second kappa shape index (κ2) is 9.02. The highest BCUT2D eigenvalue weighted by atomic mass is 32.2. The third-order valence-corrected chi connectivity index (χ3v) is 5.54. The molecule has 1 atom stereocenters. The van der Waals surface area contributed by atoms with Gasteiger partial charge in [-0.1, -0.05) is 6.07 Å². The predicted molar refractivity (Wildman–Crippen MR) is 113 cm³/mol. The molecule has 0 heterocycles. The zero-order valence-electron chi connectivity index (χ0n) is 17.7. The molecule has 162 valence electrons. The van der Waals surface area contributed by atoms with Gasteiger partial charge in [0.2, 0.25) is 0 Å². The summed E-state index contributed by atoms with van der Waals surface area (Å²) < 4.78 is 30.0. The number of amides is 1. The molecule has 1 unspecified atom stereocenters. The molecule has 1 aromatic carbocycles. The summed E-state index contributed by atoms with van der Waals surface area (Å²) in [6.07, 6.45) is 3.54. The molecular weight excluding hydrogens is 394 g/mol. The lowest BCUT2D eigenvalue weighted by atomic mass is 10.2. The maximum atomic E-state index is 12.7. The summed E-state index contributed by atoms with van der Waals surface area (Å²) in [6, 6.07) is 4.33. The Labute approximate surface area is 172 Å². The lowest BCUT2D eigenvalue weighted by molar-refractivity contribution is -0.108. The van der Waals surface area contributed by atoms with Gasteiger partial charge in [-0.05, 0) is 58.6 Å². The van der Waals surface area contributed by atoms with E-state index in [0.717, 1.165) is 25.4 Å². The van der Waals surface area contributed by atoms with E-state index in [1.54, 1.807) is 39.8 Å². The van der Waals surface area contributed by atoms with Crippen LogP contribution in [-0.2, 0) is 19.4 Å². The highest BCUT2D eigenvalue weighted by Crippen LogP contribution is 2.34. The third kappa shape index (κ3) is 6.92. The zero-order valence-corrected chi connectivity index (χ0v) is 18.5. The van der Waals surface area contributed by atoms with Gasteiger partial charge in [-0.2, -0.15) is 0 Å². The van der Waals surface area contributed by atoms with Crippen LogP contribution in [-0.4, -0.2) is 50.2 Å². The van der Waals surface area contributed by atoms with E-state index in [-0.39, 0.29) is 11.3 Å². The van der Waals surface area contributed by atoms with Crippen molar-refractivity contribution in [2.24, 2.45) is 5.92 Å². The first-order chi connectivity index (χ1) is 13.4. The van der Waals surface area contributed by atoms with Crippen LogP contribution in [0.3, 0.4) is 0 Å². The average molecular weight is 426 g/mol. The van der Waals surface area contributed by atoms with Crippen molar-refractivity contribution in [2.75, 3.05) is 23.5 Å². The van der Waals surface area contributed by atoms with E-state index < -0.39 is 27.6 Å². The largest absolute Gasteiger partial charge is 0.442 e. The van der Waals surface area contributed by atoms with Gasteiger partial charge in [0, 0.05) is 19.2 Å². The number of nitrogens with zero attached hydrogens (tertiary/aromatic N) is 1. The average Bonchev–Trinajstić information content (AvgIpc) is 3.40. The fourth-order valence-electron chi connectivity index (χ4n) is 2.71. The van der Waals surface area contributed by atoms with Crippen LogP contribution in [0.5, 0.6) is 0 Å². The summed E-state index contributed by atoms with van der Waals surface area (Å²) in [7, 11) is -3.49. The Balaban J connectivity index is 2.39. The minimum atomic E-state index is -3.49. The second-order valence-corrected chi connectivity index (χ2v) is 10.5. The number of sulfone groups is 1. The maximum absolute atomic E-state index is 12.7. The minimum Gasteiger partial charge on any atom is -0.442 e. The maximum Gasteiger partial charge on any atom is 0.429 e. The molecule has 0 saturated heterocycles. The summed E-state index contributed by atoms with van der Waals surface area (Å²) in [5, 5.41) is 4.45. The smallest absolute Gasteiger partial charge is 0.429 e. The van der Waals surface area contributed by atoms with Crippen molar-refractivity contribution < 1.29 is 22.7 Å². The number of hydrogen-bond acceptors (Lipinski definition) is 7. The summed E-state index contributed by atoms with van der Waals surface area (Å²) in [4.78, 5) is 23.9. The number of aldehydes is 1. The Bertz CT molecular complexity index is 844. The summed E-state index contributed by atoms with van der Waals surface area (Å²) in [5.74, 6) is 0.520. The Kier molecular flexibility index (Phi) is 7.15. The molecule has 1 amide bonds. The Morgan fingerprint density at radius 2 is 2.00 bits per heavy atom. The number of ether oxygens (including phenoxy) is 1. The number of para-hydroxylation sites is 1. The fraction of sp³-hybridized carbons (Fsp3) is 0.600. The number of anilines is 2. The standard InChI is InChI=1S/C20H31N3O5S/c1-14(11-12-24)23(19(25)28-20(2,3)4)22-16-7-6-8-17(29(5,26)27)18(16)21-13-15-9-10-15/h6-8,12,14-15,21-22H,9-11,13H2,1-5H3. The van der Waals surface area contributed by atoms with Crippen molar-refractivity contribution in [1.29, 1.82) is 0 Å². The first-order valence-electron chi connectivity index (χ1n) is 9.72. The van der Waals surface area contributed by atoms with Crippen LogP contribution in [0, 0.1) is 5.92 Å². The number of hydrogen-bond donors (Lipinski definition) is 2. The van der Waals surface area contributed by atoms with Crippen molar-refractivity contribution in [3.05, 3.63) is 18.2 Å². The van der Waals surface area contributed by atoms with Crippen LogP contribution in [0.1, 0.15) is 47.0 Å². The molecule has 0 aromatic heterocycles. The SMILES string of the molecule is CC(CC=O)N(Nc1cccc(S(C)(=O)=O)c1NCC1CC1)C(=O)OC(C)(C)C. The highest BCUT2D eigenvalue weighted by molar-refractivity contribution is 7.90. The van der Waals surface area contributed by atoms with Crippen LogP contribution in [0.4, 0.5) is 16.2 Å². The van der Waals surface area contributed by atoms with Crippen LogP contribution in [0.2, 0.25) is 0 Å².